The number of hydrogen-bond donors (Lipinski definition) is 2. The predicted octanol–water partition coefficient (Wildman–Crippen LogP) is 6.43. The van der Waals surface area contributed by atoms with Crippen LogP contribution in [-0.2, 0) is 0 Å². The number of rotatable bonds is 3. The normalized spacial score (nSPS) is 16.6. The number of benzene rings is 3. The summed E-state index contributed by atoms with van der Waals surface area (Å²) in [6, 6.07) is 19.2. The first kappa shape index (κ1) is 17.1. The van der Waals surface area contributed by atoms with E-state index in [9.17, 15) is 0 Å². The molecule has 0 saturated heterocycles. The fourth-order valence-electron chi connectivity index (χ4n) is 4.58. The van der Waals surface area contributed by atoms with Crippen molar-refractivity contribution in [1.82, 2.24) is 0 Å². The first-order valence-electron chi connectivity index (χ1n) is 10.2. The summed E-state index contributed by atoms with van der Waals surface area (Å²) < 4.78 is 0. The van der Waals surface area contributed by atoms with E-state index < -0.39 is 0 Å². The number of aliphatic imine (C=N–C) groups is 1. The van der Waals surface area contributed by atoms with Gasteiger partial charge in [0.05, 0.1) is 5.69 Å². The van der Waals surface area contributed by atoms with E-state index in [1.165, 1.54) is 54.0 Å². The number of nitrogens with one attached hydrogen (secondary N) is 1. The maximum absolute atomic E-state index is 6.22. The van der Waals surface area contributed by atoms with Gasteiger partial charge in [-0.05, 0) is 58.9 Å². The number of guanidine groups is 1. The lowest BCUT2D eigenvalue weighted by Crippen LogP contribution is -2.22. The van der Waals surface area contributed by atoms with Gasteiger partial charge in [-0.3, -0.25) is 0 Å². The molecule has 3 aromatic rings. The molecule has 0 aromatic heterocycles. The zero-order valence-corrected chi connectivity index (χ0v) is 16.0. The van der Waals surface area contributed by atoms with Crippen molar-refractivity contribution >= 4 is 40.3 Å². The van der Waals surface area contributed by atoms with Gasteiger partial charge in [0.15, 0.2) is 5.96 Å². The molecule has 2 aliphatic carbocycles. The first-order valence-corrected chi connectivity index (χ1v) is 10.2. The van der Waals surface area contributed by atoms with E-state index in [1.807, 2.05) is 6.07 Å². The summed E-state index contributed by atoms with van der Waals surface area (Å²) >= 11 is 0. The van der Waals surface area contributed by atoms with Gasteiger partial charge in [0.2, 0.25) is 0 Å². The average molecular weight is 367 g/mol. The topological polar surface area (TPSA) is 50.4 Å². The Morgan fingerprint density at radius 3 is 2.54 bits per heavy atom. The molecule has 5 rings (SSSR count). The van der Waals surface area contributed by atoms with Crippen molar-refractivity contribution in [3.63, 3.8) is 0 Å². The molecule has 0 spiro atoms. The highest BCUT2D eigenvalue weighted by Crippen LogP contribution is 2.37. The minimum Gasteiger partial charge on any atom is -0.369 e. The second-order valence-electron chi connectivity index (χ2n) is 7.86. The van der Waals surface area contributed by atoms with Gasteiger partial charge in [0.1, 0.15) is 0 Å². The van der Waals surface area contributed by atoms with Gasteiger partial charge in [0, 0.05) is 11.3 Å². The summed E-state index contributed by atoms with van der Waals surface area (Å²) in [5, 5.41) is 5.74. The molecule has 1 fully saturated rings. The van der Waals surface area contributed by atoms with Gasteiger partial charge in [0.25, 0.3) is 0 Å². The van der Waals surface area contributed by atoms with E-state index in [4.69, 9.17) is 5.73 Å². The van der Waals surface area contributed by atoms with Crippen LogP contribution >= 0.6 is 0 Å². The Labute approximate surface area is 166 Å². The number of nitrogens with zero attached hydrogens (tertiary/aromatic N) is 1. The van der Waals surface area contributed by atoms with Crippen LogP contribution in [0, 0.1) is 0 Å². The van der Waals surface area contributed by atoms with Crippen LogP contribution in [0.25, 0.3) is 22.9 Å². The highest BCUT2D eigenvalue weighted by Gasteiger charge is 2.15. The molecule has 0 heterocycles. The van der Waals surface area contributed by atoms with E-state index >= 15 is 0 Å². The minimum absolute atomic E-state index is 0.416. The Balaban J connectivity index is 1.36. The summed E-state index contributed by atoms with van der Waals surface area (Å²) in [6.45, 7) is 0. The fraction of sp³-hybridized carbons (Fsp3) is 0.240. The highest BCUT2D eigenvalue weighted by molar-refractivity contribution is 6.08. The van der Waals surface area contributed by atoms with Gasteiger partial charge < -0.3 is 11.1 Å². The van der Waals surface area contributed by atoms with E-state index in [2.05, 4.69) is 71.0 Å². The second-order valence-corrected chi connectivity index (χ2v) is 7.86. The van der Waals surface area contributed by atoms with Gasteiger partial charge in [-0.2, -0.15) is 0 Å². The Morgan fingerprint density at radius 1 is 0.893 bits per heavy atom. The molecule has 2 aliphatic rings. The summed E-state index contributed by atoms with van der Waals surface area (Å²) in [4.78, 5) is 4.65. The van der Waals surface area contributed by atoms with E-state index in [-0.39, 0.29) is 0 Å². The Bertz CT molecular complexity index is 1070. The molecule has 28 heavy (non-hydrogen) atoms. The van der Waals surface area contributed by atoms with Gasteiger partial charge >= 0.3 is 0 Å². The van der Waals surface area contributed by atoms with Crippen molar-refractivity contribution in [2.75, 3.05) is 5.32 Å². The van der Waals surface area contributed by atoms with Crippen molar-refractivity contribution in [3.8, 4) is 0 Å². The molecule has 3 aromatic carbocycles. The standard InChI is InChI=1S/C25H25N3/c26-25(27-21-13-9-18(10-14-21)17-5-2-1-3-6-17)28-23-16-12-20-8-4-7-19-11-15-22(23)24(19)20/h4,7-17H,1-3,5-6H2,(H3,26,27,28). The van der Waals surface area contributed by atoms with Crippen molar-refractivity contribution in [1.29, 1.82) is 0 Å². The molecule has 0 bridgehead atoms. The van der Waals surface area contributed by atoms with E-state index in [0.29, 0.717) is 5.96 Å². The molecule has 1 saturated carbocycles. The lowest BCUT2D eigenvalue weighted by Gasteiger charge is -2.22. The minimum atomic E-state index is 0.416. The van der Waals surface area contributed by atoms with Crippen molar-refractivity contribution in [2.24, 2.45) is 10.7 Å². The number of anilines is 1. The van der Waals surface area contributed by atoms with E-state index in [0.717, 1.165) is 22.9 Å². The maximum Gasteiger partial charge on any atom is 0.198 e. The Hall–Kier alpha value is -3.07. The summed E-state index contributed by atoms with van der Waals surface area (Å²) in [6.07, 6.45) is 11.0. The van der Waals surface area contributed by atoms with Crippen molar-refractivity contribution < 1.29 is 0 Å². The molecule has 0 amide bonds. The fourth-order valence-corrected chi connectivity index (χ4v) is 4.58. The van der Waals surface area contributed by atoms with Crippen molar-refractivity contribution in [2.45, 2.75) is 38.0 Å². The van der Waals surface area contributed by atoms with Crippen LogP contribution in [0.4, 0.5) is 11.4 Å². The van der Waals surface area contributed by atoms with Crippen molar-refractivity contribution in [3.05, 3.63) is 71.3 Å². The molecular formula is C25H25N3. The SMILES string of the molecule is NC(=Nc1ccc2cccc3c2c1C=C3)Nc1ccc(C2CCCCC2)cc1. The van der Waals surface area contributed by atoms with Gasteiger partial charge in [-0.25, -0.2) is 4.99 Å². The lowest BCUT2D eigenvalue weighted by molar-refractivity contribution is 0.443. The van der Waals surface area contributed by atoms with Gasteiger partial charge in [-0.1, -0.05) is 67.8 Å². The zero-order valence-electron chi connectivity index (χ0n) is 16.0. The van der Waals surface area contributed by atoms with Crippen LogP contribution in [0.5, 0.6) is 0 Å². The molecule has 0 radical (unpaired) electrons. The van der Waals surface area contributed by atoms with Crippen LogP contribution in [0.1, 0.15) is 54.7 Å². The maximum atomic E-state index is 6.22. The summed E-state index contributed by atoms with van der Waals surface area (Å²) in [5.74, 6) is 1.13. The third kappa shape index (κ3) is 3.18. The summed E-state index contributed by atoms with van der Waals surface area (Å²) in [5.41, 5.74) is 11.9. The number of hydrogen-bond acceptors (Lipinski definition) is 1. The Kier molecular flexibility index (Phi) is 4.36. The quantitative estimate of drug-likeness (QED) is 0.324. The molecule has 3 nitrogen and oxygen atoms in total. The summed E-state index contributed by atoms with van der Waals surface area (Å²) in [7, 11) is 0. The monoisotopic (exact) mass is 367 g/mol. The predicted molar refractivity (Wildman–Crippen MR) is 120 cm³/mol. The molecule has 0 unspecified atom stereocenters. The second kappa shape index (κ2) is 7.16. The zero-order chi connectivity index (χ0) is 18.9. The smallest absolute Gasteiger partial charge is 0.198 e. The van der Waals surface area contributed by atoms with Crippen LogP contribution in [-0.4, -0.2) is 5.96 Å². The first-order chi connectivity index (χ1) is 13.8. The van der Waals surface area contributed by atoms with E-state index in [1.54, 1.807) is 0 Å². The third-order valence-electron chi connectivity index (χ3n) is 6.03. The molecule has 3 N–H and O–H groups in total. The van der Waals surface area contributed by atoms with Crippen LogP contribution in [0.2, 0.25) is 0 Å². The molecular weight excluding hydrogens is 342 g/mol. The molecule has 3 heteroatoms. The third-order valence-corrected chi connectivity index (χ3v) is 6.03. The highest BCUT2D eigenvalue weighted by atomic mass is 15.1. The van der Waals surface area contributed by atoms with Crippen LogP contribution in [0.15, 0.2) is 59.6 Å². The van der Waals surface area contributed by atoms with Gasteiger partial charge in [-0.15, -0.1) is 0 Å². The van der Waals surface area contributed by atoms with Crippen LogP contribution < -0.4 is 11.1 Å². The molecule has 0 aliphatic heterocycles. The van der Waals surface area contributed by atoms with Crippen LogP contribution in [0.3, 0.4) is 0 Å². The molecule has 0 atom stereocenters. The molecule has 140 valence electrons. The lowest BCUT2D eigenvalue weighted by atomic mass is 9.84. The average Bonchev–Trinajstić information content (AvgIpc) is 3.17. The largest absolute Gasteiger partial charge is 0.369 e. The Morgan fingerprint density at radius 2 is 1.71 bits per heavy atom. The number of nitrogens with two attached hydrogens (primary N) is 1.